The molecule has 11 heteroatoms. The summed E-state index contributed by atoms with van der Waals surface area (Å²) in [6.07, 6.45) is 3.39. The fourth-order valence-corrected chi connectivity index (χ4v) is 5.32. The van der Waals surface area contributed by atoms with Crippen LogP contribution in [0.5, 0.6) is 0 Å². The maximum absolute atomic E-state index is 12.8. The zero-order valence-corrected chi connectivity index (χ0v) is 16.9. The maximum Gasteiger partial charge on any atom is 0.274 e. The van der Waals surface area contributed by atoms with E-state index >= 15 is 0 Å². The molecule has 0 spiro atoms. The Morgan fingerprint density at radius 2 is 2.11 bits per heavy atom. The lowest BCUT2D eigenvalue weighted by Crippen LogP contribution is -2.37. The number of aromatic amines is 1. The smallest absolute Gasteiger partial charge is 0.274 e. The summed E-state index contributed by atoms with van der Waals surface area (Å²) in [4.78, 5) is 15.7. The Morgan fingerprint density at radius 1 is 1.25 bits per heavy atom. The van der Waals surface area contributed by atoms with Gasteiger partial charge in [-0.15, -0.1) is 11.3 Å². The van der Waals surface area contributed by atoms with E-state index in [2.05, 4.69) is 15.3 Å². The minimum Gasteiger partial charge on any atom is -0.336 e. The van der Waals surface area contributed by atoms with Crippen molar-refractivity contribution in [2.45, 2.75) is 11.3 Å². The van der Waals surface area contributed by atoms with Crippen molar-refractivity contribution in [3.05, 3.63) is 41.7 Å². The van der Waals surface area contributed by atoms with Crippen molar-refractivity contribution in [2.24, 2.45) is 7.05 Å². The number of aryl methyl sites for hydroxylation is 1. The Labute approximate surface area is 166 Å². The van der Waals surface area contributed by atoms with Crippen molar-refractivity contribution in [2.75, 3.05) is 26.2 Å². The highest BCUT2D eigenvalue weighted by Gasteiger charge is 2.30. The number of aromatic nitrogens is 4. The van der Waals surface area contributed by atoms with Gasteiger partial charge in [0.1, 0.15) is 4.90 Å². The summed E-state index contributed by atoms with van der Waals surface area (Å²) in [5.41, 5.74) is 1.14. The second kappa shape index (κ2) is 7.49. The zero-order valence-electron chi connectivity index (χ0n) is 15.3. The lowest BCUT2D eigenvalue weighted by molar-refractivity contribution is 0.0758. The number of H-pyrrole nitrogens is 1. The molecular formula is C17H20N6O3S2. The first kappa shape index (κ1) is 18.8. The van der Waals surface area contributed by atoms with Crippen LogP contribution in [0.25, 0.3) is 10.6 Å². The summed E-state index contributed by atoms with van der Waals surface area (Å²) in [7, 11) is -1.94. The number of carbonyl (C=O) groups is 1. The second-order valence-corrected chi connectivity index (χ2v) is 9.43. The molecule has 1 saturated heterocycles. The van der Waals surface area contributed by atoms with Gasteiger partial charge < -0.3 is 4.90 Å². The number of sulfonamides is 1. The number of nitrogens with one attached hydrogen (secondary N) is 1. The van der Waals surface area contributed by atoms with Crippen LogP contribution in [0.3, 0.4) is 0 Å². The zero-order chi connectivity index (χ0) is 19.7. The molecule has 1 amide bonds. The Hall–Kier alpha value is -2.50. The summed E-state index contributed by atoms with van der Waals surface area (Å²) in [6, 6.07) is 5.64. The molecule has 3 aromatic rings. The molecule has 0 bridgehead atoms. The number of carbonyl (C=O) groups excluding carboxylic acids is 1. The highest BCUT2D eigenvalue weighted by Crippen LogP contribution is 2.24. The summed E-state index contributed by atoms with van der Waals surface area (Å²) >= 11 is 1.57. The summed E-state index contributed by atoms with van der Waals surface area (Å²) in [6.45, 7) is 1.41. The largest absolute Gasteiger partial charge is 0.336 e. The van der Waals surface area contributed by atoms with E-state index in [0.717, 1.165) is 10.6 Å². The Kier molecular flexibility index (Phi) is 5.04. The third kappa shape index (κ3) is 3.60. The van der Waals surface area contributed by atoms with Gasteiger partial charge in [0.05, 0.1) is 16.8 Å². The van der Waals surface area contributed by atoms with Gasteiger partial charge in [0, 0.05) is 39.4 Å². The van der Waals surface area contributed by atoms with Crippen LogP contribution in [0.2, 0.25) is 0 Å². The van der Waals surface area contributed by atoms with Crippen molar-refractivity contribution in [1.29, 1.82) is 0 Å². The minimum absolute atomic E-state index is 0.169. The third-order valence-electron chi connectivity index (χ3n) is 4.64. The topological polar surface area (TPSA) is 104 Å². The van der Waals surface area contributed by atoms with E-state index in [9.17, 15) is 13.2 Å². The lowest BCUT2D eigenvalue weighted by atomic mass is 10.3. The number of amides is 1. The van der Waals surface area contributed by atoms with Gasteiger partial charge in [-0.1, -0.05) is 6.07 Å². The molecule has 1 aliphatic heterocycles. The summed E-state index contributed by atoms with van der Waals surface area (Å²) in [5.74, 6) is -0.195. The highest BCUT2D eigenvalue weighted by molar-refractivity contribution is 7.89. The Morgan fingerprint density at radius 3 is 2.82 bits per heavy atom. The van der Waals surface area contributed by atoms with Gasteiger partial charge in [0.15, 0.2) is 5.69 Å². The van der Waals surface area contributed by atoms with Crippen molar-refractivity contribution in [3.63, 3.8) is 0 Å². The average Bonchev–Trinajstić information content (AvgIpc) is 3.40. The van der Waals surface area contributed by atoms with E-state index in [0.29, 0.717) is 31.7 Å². The molecule has 9 nitrogen and oxygen atoms in total. The molecule has 1 aliphatic rings. The van der Waals surface area contributed by atoms with Crippen molar-refractivity contribution >= 4 is 27.3 Å². The van der Waals surface area contributed by atoms with Crippen LogP contribution in [-0.4, -0.2) is 69.7 Å². The van der Waals surface area contributed by atoms with Crippen molar-refractivity contribution in [1.82, 2.24) is 29.2 Å². The fraction of sp³-hybridized carbons (Fsp3) is 0.353. The van der Waals surface area contributed by atoms with Crippen LogP contribution in [0.15, 0.2) is 40.9 Å². The second-order valence-electron chi connectivity index (χ2n) is 6.54. The molecule has 4 rings (SSSR count). The number of rotatable bonds is 4. The first-order valence-corrected chi connectivity index (χ1v) is 11.1. The third-order valence-corrected chi connectivity index (χ3v) is 7.40. The van der Waals surface area contributed by atoms with Crippen LogP contribution in [0.1, 0.15) is 16.9 Å². The molecule has 1 N–H and O–H groups in total. The standard InChI is InChI=1S/C17H20N6O3S2/c1-21-12-13(11-18-21)28(25,26)23-6-3-5-22(7-8-23)17(24)15-10-14(19-20-15)16-4-2-9-27-16/h2,4,9-12H,3,5-8H2,1H3,(H,19,20). The van der Waals surface area contributed by atoms with Gasteiger partial charge in [-0.2, -0.15) is 14.5 Å². The first-order valence-electron chi connectivity index (χ1n) is 8.82. The van der Waals surface area contributed by atoms with Crippen LogP contribution >= 0.6 is 11.3 Å². The number of nitrogens with zero attached hydrogens (tertiary/aromatic N) is 5. The van der Waals surface area contributed by atoms with Crippen LogP contribution in [0, 0.1) is 0 Å². The minimum atomic E-state index is -3.61. The molecule has 0 aromatic carbocycles. The summed E-state index contributed by atoms with van der Waals surface area (Å²) < 4.78 is 28.5. The number of thiophene rings is 1. The number of hydrogen-bond donors (Lipinski definition) is 1. The quantitative estimate of drug-likeness (QED) is 0.687. The van der Waals surface area contributed by atoms with E-state index in [1.54, 1.807) is 29.4 Å². The van der Waals surface area contributed by atoms with Crippen LogP contribution in [-0.2, 0) is 17.1 Å². The molecule has 148 valence electrons. The molecule has 4 heterocycles. The van der Waals surface area contributed by atoms with Crippen LogP contribution < -0.4 is 0 Å². The molecule has 0 aliphatic carbocycles. The first-order chi connectivity index (χ1) is 13.4. The van der Waals surface area contributed by atoms with E-state index in [-0.39, 0.29) is 17.3 Å². The van der Waals surface area contributed by atoms with E-state index in [1.807, 2.05) is 17.5 Å². The van der Waals surface area contributed by atoms with Gasteiger partial charge in [-0.25, -0.2) is 8.42 Å². The number of hydrogen-bond acceptors (Lipinski definition) is 6. The SMILES string of the molecule is Cn1cc(S(=O)(=O)N2CCCN(C(=O)c3cc(-c4cccs4)[nH]n3)CC2)cn1. The molecule has 3 aromatic heterocycles. The molecule has 0 radical (unpaired) electrons. The Balaban J connectivity index is 1.46. The van der Waals surface area contributed by atoms with Gasteiger partial charge in [0.25, 0.3) is 5.91 Å². The average molecular weight is 421 g/mol. The summed E-state index contributed by atoms with van der Waals surface area (Å²) in [5, 5.41) is 12.9. The van der Waals surface area contributed by atoms with Gasteiger partial charge >= 0.3 is 0 Å². The van der Waals surface area contributed by atoms with Gasteiger partial charge in [-0.3, -0.25) is 14.6 Å². The van der Waals surface area contributed by atoms with E-state index in [4.69, 9.17) is 0 Å². The van der Waals surface area contributed by atoms with Crippen molar-refractivity contribution < 1.29 is 13.2 Å². The lowest BCUT2D eigenvalue weighted by Gasteiger charge is -2.20. The molecular weight excluding hydrogens is 400 g/mol. The van der Waals surface area contributed by atoms with Gasteiger partial charge in [-0.05, 0) is 23.9 Å². The molecule has 0 unspecified atom stereocenters. The fourth-order valence-electron chi connectivity index (χ4n) is 3.17. The molecule has 1 fully saturated rings. The Bertz CT molecular complexity index is 1070. The monoisotopic (exact) mass is 420 g/mol. The van der Waals surface area contributed by atoms with E-state index in [1.165, 1.54) is 21.4 Å². The van der Waals surface area contributed by atoms with E-state index < -0.39 is 10.0 Å². The van der Waals surface area contributed by atoms with Crippen LogP contribution in [0.4, 0.5) is 0 Å². The molecule has 0 atom stereocenters. The highest BCUT2D eigenvalue weighted by atomic mass is 32.2. The molecule has 0 saturated carbocycles. The van der Waals surface area contributed by atoms with Gasteiger partial charge in [0.2, 0.25) is 10.0 Å². The maximum atomic E-state index is 12.8. The molecule has 28 heavy (non-hydrogen) atoms. The van der Waals surface area contributed by atoms with Crippen molar-refractivity contribution in [3.8, 4) is 10.6 Å². The predicted molar refractivity (Wildman–Crippen MR) is 104 cm³/mol. The normalized spacial score (nSPS) is 16.2. The predicted octanol–water partition coefficient (Wildman–Crippen LogP) is 1.41.